The van der Waals surface area contributed by atoms with Crippen molar-refractivity contribution in [1.82, 2.24) is 9.88 Å². The number of nitrogens with zero attached hydrogens (tertiary/aromatic N) is 3. The molecule has 0 bridgehead atoms. The first kappa shape index (κ1) is 21.1. The molecular weight excluding hydrogens is 430 g/mol. The minimum absolute atomic E-state index is 0.0525. The molecule has 3 aliphatic heterocycles. The molecule has 11 heteroatoms. The number of aliphatic carboxylic acids is 1. The lowest BCUT2D eigenvalue weighted by Crippen LogP contribution is -2.63. The molecule has 3 aliphatic rings. The molecule has 162 valence electrons. The third kappa shape index (κ3) is 3.28. The number of β-lactam (4-membered cyclic amide) rings is 1. The smallest absolute Gasteiger partial charge is 0.357 e. The van der Waals surface area contributed by atoms with Gasteiger partial charge in [0.1, 0.15) is 5.70 Å². The third-order valence-electron chi connectivity index (χ3n) is 5.70. The first-order chi connectivity index (χ1) is 14.2. The molecule has 4 rings (SSSR count). The lowest BCUT2D eigenvalue weighted by atomic mass is 9.79. The summed E-state index contributed by atoms with van der Waals surface area (Å²) in [5, 5.41) is 22.2. The topological polar surface area (TPSA) is 120 Å². The Morgan fingerprint density at radius 2 is 2.13 bits per heavy atom. The molecule has 4 heterocycles. The van der Waals surface area contributed by atoms with Crippen molar-refractivity contribution in [3.05, 3.63) is 21.7 Å². The highest BCUT2D eigenvalue weighted by Crippen LogP contribution is 2.52. The second-order valence-electron chi connectivity index (χ2n) is 7.65. The third-order valence-corrected chi connectivity index (χ3v) is 8.05. The first-order valence-electron chi connectivity index (χ1n) is 9.77. The van der Waals surface area contributed by atoms with Gasteiger partial charge in [-0.2, -0.15) is 0 Å². The summed E-state index contributed by atoms with van der Waals surface area (Å²) in [4.78, 5) is 44.4. The normalized spacial score (nSPS) is 26.9. The van der Waals surface area contributed by atoms with Crippen molar-refractivity contribution in [3.63, 3.8) is 0 Å². The number of hydrogen-bond donors (Lipinski definition) is 2. The fourth-order valence-electron chi connectivity index (χ4n) is 4.24. The molecule has 4 atom stereocenters. The number of carbonyl (C=O) groups is 3. The number of aliphatic hydroxyl groups excluding tert-OH is 1. The van der Waals surface area contributed by atoms with E-state index in [0.717, 1.165) is 5.13 Å². The summed E-state index contributed by atoms with van der Waals surface area (Å²) < 4.78 is 4.96. The molecule has 1 aromatic heterocycles. The monoisotopic (exact) mass is 453 g/mol. The van der Waals surface area contributed by atoms with Crippen molar-refractivity contribution in [2.45, 2.75) is 38.2 Å². The van der Waals surface area contributed by atoms with Crippen molar-refractivity contribution in [2.75, 3.05) is 24.6 Å². The number of carboxylic acids is 1. The second-order valence-corrected chi connectivity index (χ2v) is 9.83. The predicted molar refractivity (Wildman–Crippen MR) is 111 cm³/mol. The van der Waals surface area contributed by atoms with Gasteiger partial charge in [-0.1, -0.05) is 6.92 Å². The van der Waals surface area contributed by atoms with Gasteiger partial charge >= 0.3 is 11.9 Å². The van der Waals surface area contributed by atoms with E-state index in [1.165, 1.54) is 28.0 Å². The van der Waals surface area contributed by atoms with Gasteiger partial charge in [-0.05, 0) is 13.8 Å². The lowest BCUT2D eigenvalue weighted by molar-refractivity contribution is -0.163. The number of thiazole rings is 1. The van der Waals surface area contributed by atoms with Crippen LogP contribution in [0, 0.1) is 11.8 Å². The van der Waals surface area contributed by atoms with Crippen molar-refractivity contribution in [1.29, 1.82) is 0 Å². The Morgan fingerprint density at radius 1 is 1.43 bits per heavy atom. The van der Waals surface area contributed by atoms with Crippen LogP contribution in [0.2, 0.25) is 0 Å². The van der Waals surface area contributed by atoms with Gasteiger partial charge in [0.2, 0.25) is 5.91 Å². The van der Waals surface area contributed by atoms with E-state index in [4.69, 9.17) is 4.74 Å². The molecule has 0 saturated carbocycles. The molecular formula is C19H23N3O6S2. The maximum Gasteiger partial charge on any atom is 0.357 e. The summed E-state index contributed by atoms with van der Waals surface area (Å²) >= 11 is 2.86. The lowest BCUT2D eigenvalue weighted by Gasteiger charge is -2.46. The molecule has 1 aromatic rings. The summed E-state index contributed by atoms with van der Waals surface area (Å²) in [6.45, 7) is 6.86. The quantitative estimate of drug-likeness (QED) is 0.466. The molecule has 1 amide bonds. The van der Waals surface area contributed by atoms with Crippen molar-refractivity contribution >= 4 is 46.1 Å². The number of fused-ring (bicyclic) bond motifs is 1. The summed E-state index contributed by atoms with van der Waals surface area (Å²) in [7, 11) is 0. The first-order valence-corrected chi connectivity index (χ1v) is 11.5. The zero-order valence-electron chi connectivity index (χ0n) is 16.8. The molecule has 0 radical (unpaired) electrons. The minimum atomic E-state index is -1.11. The maximum atomic E-state index is 12.4. The minimum Gasteiger partial charge on any atom is -0.477 e. The highest BCUT2D eigenvalue weighted by atomic mass is 32.2. The molecule has 30 heavy (non-hydrogen) atoms. The van der Waals surface area contributed by atoms with Gasteiger partial charge in [0.15, 0.2) is 10.8 Å². The van der Waals surface area contributed by atoms with E-state index >= 15 is 0 Å². The van der Waals surface area contributed by atoms with Gasteiger partial charge in [0.05, 0.1) is 24.7 Å². The second kappa shape index (κ2) is 7.86. The van der Waals surface area contributed by atoms with Gasteiger partial charge in [0, 0.05) is 34.5 Å². The van der Waals surface area contributed by atoms with Crippen LogP contribution in [0.4, 0.5) is 5.13 Å². The van der Waals surface area contributed by atoms with Crippen LogP contribution in [0.15, 0.2) is 16.0 Å². The van der Waals surface area contributed by atoms with E-state index in [2.05, 4.69) is 4.98 Å². The van der Waals surface area contributed by atoms with E-state index in [-0.39, 0.29) is 28.8 Å². The largest absolute Gasteiger partial charge is 0.477 e. The van der Waals surface area contributed by atoms with Crippen molar-refractivity contribution in [2.24, 2.45) is 11.8 Å². The zero-order chi connectivity index (χ0) is 21.7. The number of carbonyl (C=O) groups excluding carboxylic acids is 2. The molecule has 2 fully saturated rings. The molecule has 0 spiro atoms. The van der Waals surface area contributed by atoms with Crippen LogP contribution in [-0.2, 0) is 14.3 Å². The summed E-state index contributed by atoms with van der Waals surface area (Å²) in [5.41, 5.74) is 0.344. The zero-order valence-corrected chi connectivity index (χ0v) is 18.4. The van der Waals surface area contributed by atoms with Crippen molar-refractivity contribution in [3.8, 4) is 0 Å². The highest BCUT2D eigenvalue weighted by Gasteiger charge is 2.60. The van der Waals surface area contributed by atoms with Gasteiger partial charge in [-0.15, -0.1) is 23.1 Å². The average molecular weight is 454 g/mol. The predicted octanol–water partition coefficient (Wildman–Crippen LogP) is 1.40. The Kier molecular flexibility index (Phi) is 5.54. The van der Waals surface area contributed by atoms with Gasteiger partial charge in [0.25, 0.3) is 0 Å². The maximum absolute atomic E-state index is 12.4. The van der Waals surface area contributed by atoms with E-state index in [1.807, 2.05) is 11.8 Å². The SMILES string of the molecule is CCOC(=O)c1csc(N2CC(SC3=C(C(=O)O)N4C(=O)C(C(C)O)C4[C@H]3C)C2)n1. The van der Waals surface area contributed by atoms with Crippen LogP contribution in [0.25, 0.3) is 0 Å². The van der Waals surface area contributed by atoms with Gasteiger partial charge in [-0.3, -0.25) is 4.79 Å². The number of carboxylic acid groups (broad SMARTS) is 1. The molecule has 0 aromatic carbocycles. The van der Waals surface area contributed by atoms with Crippen LogP contribution in [0.3, 0.4) is 0 Å². The fraction of sp³-hybridized carbons (Fsp3) is 0.579. The van der Waals surface area contributed by atoms with E-state index < -0.39 is 24.0 Å². The molecule has 0 aliphatic carbocycles. The molecule has 9 nitrogen and oxygen atoms in total. The number of rotatable bonds is 7. The Balaban J connectivity index is 1.43. The summed E-state index contributed by atoms with van der Waals surface area (Å²) in [6.07, 6.45) is -0.807. The average Bonchev–Trinajstić information content (AvgIpc) is 3.20. The Labute approximate surface area is 181 Å². The number of aromatic nitrogens is 1. The number of aliphatic hydroxyl groups is 1. The van der Waals surface area contributed by atoms with E-state index in [1.54, 1.807) is 19.2 Å². The van der Waals surface area contributed by atoms with E-state index in [0.29, 0.717) is 30.3 Å². The molecule has 2 saturated heterocycles. The number of ether oxygens (including phenoxy) is 1. The molecule has 3 unspecified atom stereocenters. The number of anilines is 1. The Bertz CT molecular complexity index is 923. The van der Waals surface area contributed by atoms with Crippen LogP contribution in [-0.4, -0.2) is 75.0 Å². The van der Waals surface area contributed by atoms with Crippen molar-refractivity contribution < 1.29 is 29.3 Å². The fourth-order valence-corrected chi connectivity index (χ4v) is 6.57. The summed E-state index contributed by atoms with van der Waals surface area (Å²) in [5.74, 6) is -2.56. The Morgan fingerprint density at radius 3 is 2.73 bits per heavy atom. The summed E-state index contributed by atoms with van der Waals surface area (Å²) in [6, 6.07) is -0.298. The van der Waals surface area contributed by atoms with Crippen LogP contribution in [0.5, 0.6) is 0 Å². The Hall–Kier alpha value is -2.11. The van der Waals surface area contributed by atoms with Crippen LogP contribution >= 0.6 is 23.1 Å². The van der Waals surface area contributed by atoms with E-state index in [9.17, 15) is 24.6 Å². The van der Waals surface area contributed by atoms with Crippen LogP contribution < -0.4 is 4.90 Å². The van der Waals surface area contributed by atoms with Gasteiger partial charge < -0.3 is 24.7 Å². The number of esters is 1. The highest BCUT2D eigenvalue weighted by molar-refractivity contribution is 8.03. The number of thioether (sulfide) groups is 1. The number of hydrogen-bond acceptors (Lipinski definition) is 9. The number of amides is 1. The van der Waals surface area contributed by atoms with Gasteiger partial charge in [-0.25, -0.2) is 14.6 Å². The van der Waals surface area contributed by atoms with Crippen LogP contribution in [0.1, 0.15) is 31.3 Å². The molecule has 2 N–H and O–H groups in total. The standard InChI is InChI=1S/C19H23N3O6S2/c1-4-28-18(27)11-7-29-19(20-11)21-5-10(6-21)30-15-8(2)13-12(9(3)23)16(24)22(13)14(15)17(25)26/h7-10,12-13,23H,4-6H2,1-3H3,(H,25,26)/t8-,9?,12?,13?/m1/s1.